The van der Waals surface area contributed by atoms with E-state index in [0.717, 1.165) is 4.88 Å². The van der Waals surface area contributed by atoms with Gasteiger partial charge in [0.05, 0.1) is 25.4 Å². The standard InChI is InChI=1S/C14H20N2O4S/c1-19-9-12-8-11(10-21-12)14(18)15-3-2-13(17)16-4-6-20-7-5-16/h8,10H,2-7,9H2,1H3,(H,15,18). The molecule has 21 heavy (non-hydrogen) atoms. The van der Waals surface area contributed by atoms with Gasteiger partial charge in [0.2, 0.25) is 5.91 Å². The van der Waals surface area contributed by atoms with Gasteiger partial charge < -0.3 is 19.7 Å². The lowest BCUT2D eigenvalue weighted by atomic mass is 10.2. The first-order valence-corrected chi connectivity index (χ1v) is 7.78. The van der Waals surface area contributed by atoms with E-state index < -0.39 is 0 Å². The van der Waals surface area contributed by atoms with E-state index in [2.05, 4.69) is 5.32 Å². The Morgan fingerprint density at radius 2 is 2.19 bits per heavy atom. The molecular weight excluding hydrogens is 292 g/mol. The van der Waals surface area contributed by atoms with E-state index in [1.807, 2.05) is 6.07 Å². The molecule has 0 bridgehead atoms. The lowest BCUT2D eigenvalue weighted by molar-refractivity contribution is -0.135. The Balaban J connectivity index is 1.71. The highest BCUT2D eigenvalue weighted by atomic mass is 32.1. The van der Waals surface area contributed by atoms with Gasteiger partial charge in [0.15, 0.2) is 0 Å². The summed E-state index contributed by atoms with van der Waals surface area (Å²) in [5, 5.41) is 4.57. The zero-order valence-corrected chi connectivity index (χ0v) is 12.9. The van der Waals surface area contributed by atoms with Crippen molar-refractivity contribution in [2.45, 2.75) is 13.0 Å². The molecule has 7 heteroatoms. The molecule has 2 amide bonds. The van der Waals surface area contributed by atoms with Crippen molar-refractivity contribution < 1.29 is 19.1 Å². The molecular formula is C14H20N2O4S. The quantitative estimate of drug-likeness (QED) is 0.846. The summed E-state index contributed by atoms with van der Waals surface area (Å²) in [4.78, 5) is 26.6. The van der Waals surface area contributed by atoms with E-state index in [1.54, 1.807) is 17.4 Å². The predicted molar refractivity (Wildman–Crippen MR) is 79.4 cm³/mol. The van der Waals surface area contributed by atoms with Gasteiger partial charge in [0.25, 0.3) is 5.91 Å². The van der Waals surface area contributed by atoms with Crippen LogP contribution < -0.4 is 5.32 Å². The van der Waals surface area contributed by atoms with E-state index >= 15 is 0 Å². The largest absolute Gasteiger partial charge is 0.379 e. The SMILES string of the molecule is COCc1cc(C(=O)NCCC(=O)N2CCOCC2)cs1. The van der Waals surface area contributed by atoms with Crippen LogP contribution in [-0.4, -0.2) is 56.7 Å². The maximum absolute atomic E-state index is 11.9. The number of amides is 2. The summed E-state index contributed by atoms with van der Waals surface area (Å²) < 4.78 is 10.2. The monoisotopic (exact) mass is 312 g/mol. The first kappa shape index (κ1) is 15.9. The lowest BCUT2D eigenvalue weighted by Gasteiger charge is -2.26. The zero-order chi connectivity index (χ0) is 15.1. The van der Waals surface area contributed by atoms with E-state index in [4.69, 9.17) is 9.47 Å². The maximum Gasteiger partial charge on any atom is 0.252 e. The van der Waals surface area contributed by atoms with Gasteiger partial charge in [-0.1, -0.05) is 0 Å². The number of carbonyl (C=O) groups is 2. The fourth-order valence-corrected chi connectivity index (χ4v) is 2.91. The Kier molecular flexibility index (Phi) is 6.16. The molecule has 6 nitrogen and oxygen atoms in total. The average molecular weight is 312 g/mol. The number of nitrogens with one attached hydrogen (secondary N) is 1. The second-order valence-corrected chi connectivity index (χ2v) is 5.73. The first-order chi connectivity index (χ1) is 10.2. The number of methoxy groups -OCH3 is 1. The normalized spacial score (nSPS) is 15.0. The Morgan fingerprint density at radius 1 is 1.43 bits per heavy atom. The maximum atomic E-state index is 11.9. The Morgan fingerprint density at radius 3 is 2.90 bits per heavy atom. The summed E-state index contributed by atoms with van der Waals surface area (Å²) in [6, 6.07) is 1.81. The van der Waals surface area contributed by atoms with Crippen LogP contribution in [0.2, 0.25) is 0 Å². The van der Waals surface area contributed by atoms with Gasteiger partial charge in [-0.05, 0) is 6.07 Å². The van der Waals surface area contributed by atoms with Gasteiger partial charge in [-0.3, -0.25) is 9.59 Å². The van der Waals surface area contributed by atoms with Crippen LogP contribution >= 0.6 is 11.3 Å². The minimum absolute atomic E-state index is 0.0593. The van der Waals surface area contributed by atoms with Crippen LogP contribution in [0, 0.1) is 0 Å². The molecule has 0 atom stereocenters. The molecule has 0 aromatic carbocycles. The third-order valence-electron chi connectivity index (χ3n) is 3.19. The van der Waals surface area contributed by atoms with Crippen molar-refractivity contribution >= 4 is 23.2 Å². The molecule has 0 radical (unpaired) electrons. The number of hydrogen-bond donors (Lipinski definition) is 1. The number of nitrogens with zero attached hydrogens (tertiary/aromatic N) is 1. The number of thiophene rings is 1. The molecule has 1 aromatic heterocycles. The fraction of sp³-hybridized carbons (Fsp3) is 0.571. The third kappa shape index (κ3) is 4.80. The molecule has 0 saturated carbocycles. The van der Waals surface area contributed by atoms with E-state index in [1.165, 1.54) is 11.3 Å². The summed E-state index contributed by atoms with van der Waals surface area (Å²) in [5.41, 5.74) is 0.617. The van der Waals surface area contributed by atoms with Crippen LogP contribution in [0.15, 0.2) is 11.4 Å². The van der Waals surface area contributed by atoms with Gasteiger partial charge >= 0.3 is 0 Å². The predicted octanol–water partition coefficient (Wildman–Crippen LogP) is 0.873. The molecule has 1 aromatic rings. The summed E-state index contributed by atoms with van der Waals surface area (Å²) in [7, 11) is 1.62. The van der Waals surface area contributed by atoms with E-state index in [9.17, 15) is 9.59 Å². The second-order valence-electron chi connectivity index (χ2n) is 4.73. The summed E-state index contributed by atoms with van der Waals surface area (Å²) in [5.74, 6) is -0.0904. The number of morpholine rings is 1. The minimum atomic E-state index is -0.150. The molecule has 0 unspecified atom stereocenters. The number of carbonyl (C=O) groups excluding carboxylic acids is 2. The Hall–Kier alpha value is -1.44. The first-order valence-electron chi connectivity index (χ1n) is 6.91. The molecule has 116 valence electrons. The fourth-order valence-electron chi connectivity index (χ4n) is 2.07. The second kappa shape index (κ2) is 8.11. The van der Waals surface area contributed by atoms with Gasteiger partial charge in [-0.25, -0.2) is 0 Å². The third-order valence-corrected chi connectivity index (χ3v) is 4.10. The van der Waals surface area contributed by atoms with Crippen molar-refractivity contribution in [3.05, 3.63) is 21.9 Å². The molecule has 2 heterocycles. The summed E-state index contributed by atoms with van der Waals surface area (Å²) >= 11 is 1.49. The van der Waals surface area contributed by atoms with Crippen molar-refractivity contribution in [1.82, 2.24) is 10.2 Å². The molecule has 1 N–H and O–H groups in total. The topological polar surface area (TPSA) is 67.9 Å². The Bertz CT molecular complexity index is 483. The molecule has 1 saturated heterocycles. The van der Waals surface area contributed by atoms with Crippen molar-refractivity contribution in [2.24, 2.45) is 0 Å². The molecule has 1 fully saturated rings. The van der Waals surface area contributed by atoms with Crippen LogP contribution in [0.1, 0.15) is 21.7 Å². The van der Waals surface area contributed by atoms with Crippen LogP contribution in [0.5, 0.6) is 0 Å². The molecule has 1 aliphatic heterocycles. The molecule has 1 aliphatic rings. The lowest BCUT2D eigenvalue weighted by Crippen LogP contribution is -2.42. The summed E-state index contributed by atoms with van der Waals surface area (Å²) in [6.45, 7) is 3.32. The zero-order valence-electron chi connectivity index (χ0n) is 12.1. The van der Waals surface area contributed by atoms with Gasteiger partial charge in [0.1, 0.15) is 0 Å². The summed E-state index contributed by atoms with van der Waals surface area (Å²) in [6.07, 6.45) is 0.320. The van der Waals surface area contributed by atoms with Crippen molar-refractivity contribution in [2.75, 3.05) is 40.0 Å². The minimum Gasteiger partial charge on any atom is -0.379 e. The van der Waals surface area contributed by atoms with Crippen LogP contribution in [0.25, 0.3) is 0 Å². The molecule has 2 rings (SSSR count). The van der Waals surface area contributed by atoms with Gasteiger partial charge in [0, 0.05) is 43.4 Å². The smallest absolute Gasteiger partial charge is 0.252 e. The van der Waals surface area contributed by atoms with Crippen molar-refractivity contribution in [3.8, 4) is 0 Å². The van der Waals surface area contributed by atoms with Gasteiger partial charge in [-0.15, -0.1) is 11.3 Å². The highest BCUT2D eigenvalue weighted by Gasteiger charge is 2.16. The van der Waals surface area contributed by atoms with Crippen LogP contribution in [-0.2, 0) is 20.9 Å². The van der Waals surface area contributed by atoms with E-state index in [0.29, 0.717) is 51.4 Å². The van der Waals surface area contributed by atoms with Crippen LogP contribution in [0.4, 0.5) is 0 Å². The number of rotatable bonds is 6. The van der Waals surface area contributed by atoms with Crippen LogP contribution in [0.3, 0.4) is 0 Å². The van der Waals surface area contributed by atoms with Gasteiger partial charge in [-0.2, -0.15) is 0 Å². The highest BCUT2D eigenvalue weighted by Crippen LogP contribution is 2.15. The molecule has 0 spiro atoms. The Labute approximate surface area is 128 Å². The van der Waals surface area contributed by atoms with E-state index in [-0.39, 0.29) is 11.8 Å². The highest BCUT2D eigenvalue weighted by molar-refractivity contribution is 7.10. The van der Waals surface area contributed by atoms with Crippen molar-refractivity contribution in [3.63, 3.8) is 0 Å². The van der Waals surface area contributed by atoms with Crippen molar-refractivity contribution in [1.29, 1.82) is 0 Å². The average Bonchev–Trinajstić information content (AvgIpc) is 2.97. The molecule has 0 aliphatic carbocycles. The number of ether oxygens (including phenoxy) is 2. The number of hydrogen-bond acceptors (Lipinski definition) is 5.